The SMILES string of the molecule is N#Cc1ccccc1NC(=O)NC1(C(=O)O)CCC1. The minimum absolute atomic E-state index is 0.329. The third-order valence-corrected chi connectivity index (χ3v) is 3.27. The normalized spacial score (nSPS) is 15.7. The molecule has 3 N–H and O–H groups in total. The fourth-order valence-electron chi connectivity index (χ4n) is 1.98. The zero-order chi connectivity index (χ0) is 13.9. The van der Waals surface area contributed by atoms with E-state index < -0.39 is 17.5 Å². The Morgan fingerprint density at radius 1 is 1.32 bits per heavy atom. The standard InChI is InChI=1S/C13H13N3O3/c14-8-9-4-1-2-5-10(9)15-12(19)16-13(11(17)18)6-3-7-13/h1-2,4-5H,3,6-7H2,(H,17,18)(H2,15,16,19). The molecule has 98 valence electrons. The van der Waals surface area contributed by atoms with E-state index in [2.05, 4.69) is 10.6 Å². The number of benzene rings is 1. The number of hydrogen-bond acceptors (Lipinski definition) is 3. The number of nitriles is 1. The topological polar surface area (TPSA) is 102 Å². The summed E-state index contributed by atoms with van der Waals surface area (Å²) in [7, 11) is 0. The van der Waals surface area contributed by atoms with Crippen molar-refractivity contribution in [1.29, 1.82) is 5.26 Å². The molecule has 1 aliphatic rings. The minimum atomic E-state index is -1.16. The zero-order valence-electron chi connectivity index (χ0n) is 10.1. The number of hydrogen-bond donors (Lipinski definition) is 3. The molecule has 2 amide bonds. The fourth-order valence-corrected chi connectivity index (χ4v) is 1.98. The summed E-state index contributed by atoms with van der Waals surface area (Å²) in [6, 6.07) is 7.89. The summed E-state index contributed by atoms with van der Waals surface area (Å²) in [5, 5.41) is 23.0. The Morgan fingerprint density at radius 2 is 2.00 bits per heavy atom. The van der Waals surface area contributed by atoms with E-state index in [0.29, 0.717) is 24.1 Å². The average molecular weight is 259 g/mol. The maximum absolute atomic E-state index is 11.8. The van der Waals surface area contributed by atoms with E-state index in [9.17, 15) is 9.59 Å². The lowest BCUT2D eigenvalue weighted by Crippen LogP contribution is -2.60. The number of amides is 2. The highest BCUT2D eigenvalue weighted by Gasteiger charge is 2.45. The van der Waals surface area contributed by atoms with Gasteiger partial charge in [0.1, 0.15) is 11.6 Å². The van der Waals surface area contributed by atoms with Crippen LogP contribution in [-0.4, -0.2) is 22.6 Å². The first kappa shape index (κ1) is 12.9. The second kappa shape index (κ2) is 4.98. The van der Waals surface area contributed by atoms with Crippen LogP contribution in [0.5, 0.6) is 0 Å². The maximum atomic E-state index is 11.8. The van der Waals surface area contributed by atoms with Crippen molar-refractivity contribution in [2.45, 2.75) is 24.8 Å². The minimum Gasteiger partial charge on any atom is -0.480 e. The van der Waals surface area contributed by atoms with Gasteiger partial charge in [-0.05, 0) is 31.4 Å². The van der Waals surface area contributed by atoms with Crippen LogP contribution < -0.4 is 10.6 Å². The quantitative estimate of drug-likeness (QED) is 0.768. The molecule has 0 aliphatic heterocycles. The van der Waals surface area contributed by atoms with Crippen molar-refractivity contribution < 1.29 is 14.7 Å². The van der Waals surface area contributed by atoms with Gasteiger partial charge in [-0.25, -0.2) is 9.59 Å². The van der Waals surface area contributed by atoms with Crippen LogP contribution in [0.15, 0.2) is 24.3 Å². The summed E-state index contributed by atoms with van der Waals surface area (Å²) in [6.07, 6.45) is 1.63. The van der Waals surface area contributed by atoms with Crippen LogP contribution >= 0.6 is 0 Å². The van der Waals surface area contributed by atoms with E-state index in [1.807, 2.05) is 6.07 Å². The monoisotopic (exact) mass is 259 g/mol. The van der Waals surface area contributed by atoms with Crippen LogP contribution in [0, 0.1) is 11.3 Å². The van der Waals surface area contributed by atoms with Crippen LogP contribution in [0.25, 0.3) is 0 Å². The number of carbonyl (C=O) groups is 2. The number of carboxylic acids is 1. The lowest BCUT2D eigenvalue weighted by molar-refractivity contribution is -0.148. The summed E-state index contributed by atoms with van der Waals surface area (Å²) >= 11 is 0. The Morgan fingerprint density at radius 3 is 2.53 bits per heavy atom. The number of para-hydroxylation sites is 1. The molecule has 0 radical (unpaired) electrons. The number of anilines is 1. The number of nitrogens with one attached hydrogen (secondary N) is 2. The summed E-state index contributed by atoms with van der Waals surface area (Å²) in [5.74, 6) is -1.03. The molecular weight excluding hydrogens is 246 g/mol. The van der Waals surface area contributed by atoms with Gasteiger partial charge in [-0.1, -0.05) is 12.1 Å². The summed E-state index contributed by atoms with van der Waals surface area (Å²) < 4.78 is 0. The number of aliphatic carboxylic acids is 1. The molecule has 1 aromatic rings. The van der Waals surface area contributed by atoms with E-state index in [1.54, 1.807) is 24.3 Å². The molecule has 0 unspecified atom stereocenters. The van der Waals surface area contributed by atoms with Crippen molar-refractivity contribution >= 4 is 17.7 Å². The molecule has 1 aromatic carbocycles. The van der Waals surface area contributed by atoms with E-state index in [0.717, 1.165) is 6.42 Å². The Balaban J connectivity index is 2.06. The van der Waals surface area contributed by atoms with Crippen LogP contribution in [0.3, 0.4) is 0 Å². The van der Waals surface area contributed by atoms with Gasteiger partial charge in [0.15, 0.2) is 0 Å². The van der Waals surface area contributed by atoms with Gasteiger partial charge in [0.25, 0.3) is 0 Å². The highest BCUT2D eigenvalue weighted by atomic mass is 16.4. The molecule has 0 aromatic heterocycles. The molecule has 0 heterocycles. The van der Waals surface area contributed by atoms with Gasteiger partial charge in [-0.15, -0.1) is 0 Å². The number of nitrogens with zero attached hydrogens (tertiary/aromatic N) is 1. The lowest BCUT2D eigenvalue weighted by atomic mass is 9.77. The molecular formula is C13H13N3O3. The van der Waals surface area contributed by atoms with Gasteiger partial charge in [-0.2, -0.15) is 5.26 Å². The van der Waals surface area contributed by atoms with Crippen molar-refractivity contribution in [3.63, 3.8) is 0 Å². The van der Waals surface area contributed by atoms with Gasteiger partial charge in [0.05, 0.1) is 11.3 Å². The Bertz CT molecular complexity index is 558. The molecule has 0 bridgehead atoms. The number of carboxylic acid groups (broad SMARTS) is 1. The first-order valence-corrected chi connectivity index (χ1v) is 5.89. The number of rotatable bonds is 3. The van der Waals surface area contributed by atoms with Crippen LogP contribution in [-0.2, 0) is 4.79 Å². The van der Waals surface area contributed by atoms with Gasteiger partial charge in [0.2, 0.25) is 0 Å². The van der Waals surface area contributed by atoms with Gasteiger partial charge < -0.3 is 15.7 Å². The van der Waals surface area contributed by atoms with E-state index in [-0.39, 0.29) is 0 Å². The Hall–Kier alpha value is -2.55. The van der Waals surface area contributed by atoms with Crippen molar-refractivity contribution in [2.24, 2.45) is 0 Å². The lowest BCUT2D eigenvalue weighted by Gasteiger charge is -2.38. The predicted octanol–water partition coefficient (Wildman–Crippen LogP) is 1.69. The molecule has 0 atom stereocenters. The molecule has 1 fully saturated rings. The highest BCUT2D eigenvalue weighted by Crippen LogP contribution is 2.32. The molecule has 1 aliphatic carbocycles. The second-order valence-corrected chi connectivity index (χ2v) is 4.48. The van der Waals surface area contributed by atoms with Crippen molar-refractivity contribution in [3.8, 4) is 6.07 Å². The van der Waals surface area contributed by atoms with Gasteiger partial charge >= 0.3 is 12.0 Å². The smallest absolute Gasteiger partial charge is 0.329 e. The third-order valence-electron chi connectivity index (χ3n) is 3.27. The molecule has 0 spiro atoms. The molecule has 19 heavy (non-hydrogen) atoms. The second-order valence-electron chi connectivity index (χ2n) is 4.48. The number of carbonyl (C=O) groups excluding carboxylic acids is 1. The van der Waals surface area contributed by atoms with Crippen LogP contribution in [0.2, 0.25) is 0 Å². The highest BCUT2D eigenvalue weighted by molar-refractivity contribution is 5.95. The number of urea groups is 1. The van der Waals surface area contributed by atoms with E-state index >= 15 is 0 Å². The van der Waals surface area contributed by atoms with Crippen molar-refractivity contribution in [2.75, 3.05) is 5.32 Å². The Kier molecular flexibility index (Phi) is 3.38. The van der Waals surface area contributed by atoms with Gasteiger partial charge in [0, 0.05) is 0 Å². The van der Waals surface area contributed by atoms with Gasteiger partial charge in [-0.3, -0.25) is 0 Å². The summed E-state index contributed by atoms with van der Waals surface area (Å²) in [6.45, 7) is 0. The molecule has 1 saturated carbocycles. The first-order valence-electron chi connectivity index (χ1n) is 5.89. The molecule has 2 rings (SSSR count). The molecule has 6 heteroatoms. The fraction of sp³-hybridized carbons (Fsp3) is 0.308. The third kappa shape index (κ3) is 2.50. The average Bonchev–Trinajstić information content (AvgIpc) is 2.34. The Labute approximate surface area is 110 Å². The van der Waals surface area contributed by atoms with Crippen molar-refractivity contribution in [1.82, 2.24) is 5.32 Å². The molecule has 0 saturated heterocycles. The zero-order valence-corrected chi connectivity index (χ0v) is 10.1. The first-order chi connectivity index (χ1) is 9.07. The van der Waals surface area contributed by atoms with Crippen molar-refractivity contribution in [3.05, 3.63) is 29.8 Å². The largest absolute Gasteiger partial charge is 0.480 e. The summed E-state index contributed by atoms with van der Waals surface area (Å²) in [4.78, 5) is 22.9. The van der Waals surface area contributed by atoms with E-state index in [4.69, 9.17) is 10.4 Å². The van der Waals surface area contributed by atoms with Crippen LogP contribution in [0.1, 0.15) is 24.8 Å². The van der Waals surface area contributed by atoms with E-state index in [1.165, 1.54) is 0 Å². The van der Waals surface area contributed by atoms with Crippen LogP contribution in [0.4, 0.5) is 10.5 Å². The maximum Gasteiger partial charge on any atom is 0.329 e. The molecule has 6 nitrogen and oxygen atoms in total. The summed E-state index contributed by atoms with van der Waals surface area (Å²) in [5.41, 5.74) is -0.468. The predicted molar refractivity (Wildman–Crippen MR) is 67.5 cm³/mol.